The summed E-state index contributed by atoms with van der Waals surface area (Å²) < 4.78 is 19.2. The van der Waals surface area contributed by atoms with Crippen molar-refractivity contribution in [2.45, 2.75) is 26.2 Å². The van der Waals surface area contributed by atoms with Crippen molar-refractivity contribution < 1.29 is 13.7 Å². The van der Waals surface area contributed by atoms with Gasteiger partial charge >= 0.3 is 6.03 Å². The maximum atomic E-state index is 13.8. The lowest BCUT2D eigenvalue weighted by molar-refractivity contribution is 0.173. The highest BCUT2D eigenvalue weighted by Crippen LogP contribution is 2.24. The molecule has 29 heavy (non-hydrogen) atoms. The summed E-state index contributed by atoms with van der Waals surface area (Å²) in [6.45, 7) is 3.23. The summed E-state index contributed by atoms with van der Waals surface area (Å²) in [6.07, 6.45) is 2.47. The number of hydrogen-bond donors (Lipinski definition) is 1. The first kappa shape index (κ1) is 19.1. The van der Waals surface area contributed by atoms with Gasteiger partial charge in [-0.05, 0) is 43.4 Å². The molecule has 1 fully saturated rings. The zero-order valence-corrected chi connectivity index (χ0v) is 16.3. The smallest absolute Gasteiger partial charge is 0.321 e. The van der Waals surface area contributed by atoms with E-state index in [1.165, 1.54) is 6.07 Å². The van der Waals surface area contributed by atoms with Gasteiger partial charge in [0.05, 0.1) is 5.69 Å². The van der Waals surface area contributed by atoms with Crippen LogP contribution in [0.1, 0.15) is 24.3 Å². The first-order chi connectivity index (χ1) is 14.1. The number of halogens is 1. The highest BCUT2D eigenvalue weighted by molar-refractivity contribution is 5.89. The van der Waals surface area contributed by atoms with Crippen LogP contribution in [-0.2, 0) is 6.42 Å². The Labute approximate surface area is 168 Å². The maximum absolute atomic E-state index is 13.8. The van der Waals surface area contributed by atoms with Gasteiger partial charge in [0, 0.05) is 25.1 Å². The summed E-state index contributed by atoms with van der Waals surface area (Å²) in [4.78, 5) is 18.8. The van der Waals surface area contributed by atoms with E-state index in [9.17, 15) is 9.18 Å². The number of hydrogen-bond acceptors (Lipinski definition) is 4. The molecule has 2 heterocycles. The first-order valence-corrected chi connectivity index (χ1v) is 9.79. The van der Waals surface area contributed by atoms with E-state index >= 15 is 0 Å². The quantitative estimate of drug-likeness (QED) is 0.698. The van der Waals surface area contributed by atoms with E-state index in [0.717, 1.165) is 24.0 Å². The molecule has 7 heteroatoms. The van der Waals surface area contributed by atoms with Crippen LogP contribution in [-0.4, -0.2) is 34.2 Å². The highest BCUT2D eigenvalue weighted by Gasteiger charge is 2.26. The van der Waals surface area contributed by atoms with E-state index in [1.54, 1.807) is 23.1 Å². The van der Waals surface area contributed by atoms with Gasteiger partial charge in [0.25, 0.3) is 0 Å². The largest absolute Gasteiger partial charge is 0.339 e. The third-order valence-electron chi connectivity index (χ3n) is 5.24. The lowest BCUT2D eigenvalue weighted by Crippen LogP contribution is -2.43. The lowest BCUT2D eigenvalue weighted by atomic mass is 9.95. The molecule has 1 N–H and O–H groups in total. The molecule has 3 aromatic rings. The molecular formula is C22H23FN4O2. The van der Waals surface area contributed by atoms with Crippen LogP contribution < -0.4 is 5.32 Å². The zero-order chi connectivity index (χ0) is 20.2. The molecule has 1 atom stereocenters. The topological polar surface area (TPSA) is 71.3 Å². The molecule has 150 valence electrons. The molecule has 1 aliphatic rings. The van der Waals surface area contributed by atoms with Crippen LogP contribution in [0.25, 0.3) is 11.4 Å². The number of carbonyl (C=O) groups excluding carboxylic acids is 1. The third-order valence-corrected chi connectivity index (χ3v) is 5.24. The molecule has 0 aliphatic carbocycles. The van der Waals surface area contributed by atoms with Crippen LogP contribution in [0.2, 0.25) is 0 Å². The normalized spacial score (nSPS) is 16.6. The second kappa shape index (κ2) is 8.43. The van der Waals surface area contributed by atoms with Crippen molar-refractivity contribution in [3.8, 4) is 11.4 Å². The minimum absolute atomic E-state index is 0.194. The maximum Gasteiger partial charge on any atom is 0.321 e. The number of benzene rings is 2. The molecule has 1 unspecified atom stereocenters. The van der Waals surface area contributed by atoms with Crippen molar-refractivity contribution in [1.82, 2.24) is 15.0 Å². The fraction of sp³-hybridized carbons (Fsp3) is 0.318. The Morgan fingerprint density at radius 3 is 2.86 bits per heavy atom. The second-order valence-electron chi connectivity index (χ2n) is 7.40. The summed E-state index contributed by atoms with van der Waals surface area (Å²) >= 11 is 0. The number of urea groups is 1. The zero-order valence-electron chi connectivity index (χ0n) is 16.3. The van der Waals surface area contributed by atoms with E-state index < -0.39 is 5.82 Å². The van der Waals surface area contributed by atoms with Gasteiger partial charge in [-0.25, -0.2) is 9.18 Å². The van der Waals surface area contributed by atoms with E-state index in [2.05, 4.69) is 15.5 Å². The molecule has 4 rings (SSSR count). The molecule has 6 nitrogen and oxygen atoms in total. The summed E-state index contributed by atoms with van der Waals surface area (Å²) in [5.41, 5.74) is 2.24. The van der Waals surface area contributed by atoms with E-state index in [4.69, 9.17) is 4.52 Å². The Balaban J connectivity index is 1.39. The summed E-state index contributed by atoms with van der Waals surface area (Å²) in [5.74, 6) is 0.942. The van der Waals surface area contributed by atoms with Crippen LogP contribution in [0.15, 0.2) is 53.1 Å². The number of nitrogens with zero attached hydrogens (tertiary/aromatic N) is 3. The Hall–Kier alpha value is -3.22. The number of piperidine rings is 1. The third kappa shape index (κ3) is 4.45. The van der Waals surface area contributed by atoms with Gasteiger partial charge in [0.15, 0.2) is 0 Å². The monoisotopic (exact) mass is 394 g/mol. The lowest BCUT2D eigenvalue weighted by Gasteiger charge is -2.32. The molecule has 2 amide bonds. The van der Waals surface area contributed by atoms with Crippen LogP contribution in [0.3, 0.4) is 0 Å². The standard InChI is InChI=1S/C22H23FN4O2/c1-15-7-2-3-9-17(15)21-25-20(29-26-21)13-16-8-6-12-27(14-16)22(28)24-19-11-5-4-10-18(19)23/h2-5,7,9-11,16H,6,8,12-14H2,1H3,(H,24,28). The van der Waals surface area contributed by atoms with Crippen molar-refractivity contribution in [3.05, 3.63) is 65.8 Å². The number of nitrogens with one attached hydrogen (secondary N) is 1. The van der Waals surface area contributed by atoms with Crippen LogP contribution >= 0.6 is 0 Å². The van der Waals surface area contributed by atoms with Gasteiger partial charge in [-0.2, -0.15) is 4.98 Å². The Kier molecular flexibility index (Phi) is 5.55. The van der Waals surface area contributed by atoms with Gasteiger partial charge in [0.1, 0.15) is 5.82 Å². The number of carbonyl (C=O) groups is 1. The Bertz CT molecular complexity index is 1000. The minimum Gasteiger partial charge on any atom is -0.339 e. The molecule has 1 saturated heterocycles. The van der Waals surface area contributed by atoms with Crippen molar-refractivity contribution >= 4 is 11.7 Å². The SMILES string of the molecule is Cc1ccccc1-c1noc(CC2CCCN(C(=O)Nc3ccccc3F)C2)n1. The van der Waals surface area contributed by atoms with Crippen LogP contribution in [0, 0.1) is 18.7 Å². The molecule has 1 aliphatic heterocycles. The van der Waals surface area contributed by atoms with Crippen LogP contribution in [0.5, 0.6) is 0 Å². The molecule has 0 saturated carbocycles. The molecule has 1 aromatic heterocycles. The fourth-order valence-electron chi connectivity index (χ4n) is 3.69. The van der Waals surface area contributed by atoms with Gasteiger partial charge in [0.2, 0.25) is 11.7 Å². The molecular weight excluding hydrogens is 371 g/mol. The molecule has 2 aromatic carbocycles. The van der Waals surface area contributed by atoms with Crippen molar-refractivity contribution in [1.29, 1.82) is 0 Å². The number of likely N-dealkylation sites (tertiary alicyclic amines) is 1. The molecule has 0 spiro atoms. The summed E-state index contributed by atoms with van der Waals surface area (Å²) in [6, 6.07) is 13.8. The number of aromatic nitrogens is 2. The molecule has 0 radical (unpaired) electrons. The number of rotatable bonds is 4. The average Bonchev–Trinajstić information content (AvgIpc) is 3.18. The molecule has 0 bridgehead atoms. The first-order valence-electron chi connectivity index (χ1n) is 9.79. The predicted molar refractivity (Wildman–Crippen MR) is 108 cm³/mol. The van der Waals surface area contributed by atoms with Gasteiger partial charge in [-0.15, -0.1) is 0 Å². The van der Waals surface area contributed by atoms with Gasteiger partial charge < -0.3 is 14.7 Å². The van der Waals surface area contributed by atoms with E-state index in [-0.39, 0.29) is 17.6 Å². The van der Waals surface area contributed by atoms with Crippen LogP contribution in [0.4, 0.5) is 14.9 Å². The van der Waals surface area contributed by atoms with Gasteiger partial charge in [-0.3, -0.25) is 0 Å². The van der Waals surface area contributed by atoms with E-state index in [1.807, 2.05) is 31.2 Å². The van der Waals surface area contributed by atoms with E-state index in [0.29, 0.717) is 31.2 Å². The summed E-state index contributed by atoms with van der Waals surface area (Å²) in [7, 11) is 0. The predicted octanol–water partition coefficient (Wildman–Crippen LogP) is 4.67. The van der Waals surface area contributed by atoms with Gasteiger partial charge in [-0.1, -0.05) is 41.6 Å². The minimum atomic E-state index is -0.441. The second-order valence-corrected chi connectivity index (χ2v) is 7.40. The number of anilines is 1. The summed E-state index contributed by atoms with van der Waals surface area (Å²) in [5, 5.41) is 6.77. The fourth-order valence-corrected chi connectivity index (χ4v) is 3.69. The van der Waals surface area contributed by atoms with Crippen molar-refractivity contribution in [3.63, 3.8) is 0 Å². The average molecular weight is 394 g/mol. The highest BCUT2D eigenvalue weighted by atomic mass is 19.1. The number of para-hydroxylation sites is 1. The van der Waals surface area contributed by atoms with Crippen molar-refractivity contribution in [2.24, 2.45) is 5.92 Å². The van der Waals surface area contributed by atoms with Crippen molar-refractivity contribution in [2.75, 3.05) is 18.4 Å². The number of aryl methyl sites for hydroxylation is 1. The Morgan fingerprint density at radius 2 is 2.03 bits per heavy atom. The Morgan fingerprint density at radius 1 is 1.24 bits per heavy atom. The number of amides is 2.